The van der Waals surface area contributed by atoms with Crippen LogP contribution in [-0.2, 0) is 4.79 Å². The quantitative estimate of drug-likeness (QED) is 0.747. The first kappa shape index (κ1) is 16.0. The van der Waals surface area contributed by atoms with E-state index in [0.29, 0.717) is 19.0 Å². The van der Waals surface area contributed by atoms with Crippen LogP contribution in [0.25, 0.3) is 0 Å². The number of benzene rings is 1. The van der Waals surface area contributed by atoms with E-state index in [-0.39, 0.29) is 11.9 Å². The van der Waals surface area contributed by atoms with Crippen LogP contribution in [0.15, 0.2) is 42.7 Å². The Labute approximate surface area is 140 Å². The number of hydrogen-bond acceptors (Lipinski definition) is 6. The summed E-state index contributed by atoms with van der Waals surface area (Å²) in [6, 6.07) is 11.2. The van der Waals surface area contributed by atoms with Crippen molar-refractivity contribution in [1.29, 1.82) is 0 Å². The number of anilines is 2. The molecular formula is C17H21N5O2. The van der Waals surface area contributed by atoms with Crippen molar-refractivity contribution in [2.45, 2.75) is 18.9 Å². The van der Waals surface area contributed by atoms with E-state index in [1.165, 1.54) is 6.33 Å². The number of rotatable bonds is 7. The second kappa shape index (κ2) is 7.63. The number of ether oxygens (including phenoxy) is 1. The monoisotopic (exact) mass is 327 g/mol. The molecule has 7 nitrogen and oxygen atoms in total. The Kier molecular flexibility index (Phi) is 5.10. The molecule has 2 heterocycles. The van der Waals surface area contributed by atoms with Gasteiger partial charge in [0.05, 0.1) is 6.54 Å². The molecule has 3 N–H and O–H groups in total. The van der Waals surface area contributed by atoms with Crippen LogP contribution in [0.5, 0.6) is 5.75 Å². The second-order valence-corrected chi connectivity index (χ2v) is 5.60. The average molecular weight is 327 g/mol. The Bertz CT molecular complexity index is 680. The van der Waals surface area contributed by atoms with Gasteiger partial charge in [-0.1, -0.05) is 18.2 Å². The maximum atomic E-state index is 11.5. The zero-order valence-electron chi connectivity index (χ0n) is 13.4. The molecule has 126 valence electrons. The minimum atomic E-state index is -0.308. The molecule has 0 aliphatic carbocycles. The van der Waals surface area contributed by atoms with Crippen molar-refractivity contribution in [1.82, 2.24) is 9.97 Å². The molecule has 1 fully saturated rings. The molecule has 0 saturated carbocycles. The van der Waals surface area contributed by atoms with Gasteiger partial charge in [0.1, 0.15) is 36.4 Å². The molecule has 2 aromatic rings. The summed E-state index contributed by atoms with van der Waals surface area (Å²) in [6.07, 6.45) is 3.20. The summed E-state index contributed by atoms with van der Waals surface area (Å²) in [5, 5.41) is 3.20. The fourth-order valence-electron chi connectivity index (χ4n) is 2.80. The van der Waals surface area contributed by atoms with Gasteiger partial charge in [0.15, 0.2) is 0 Å². The van der Waals surface area contributed by atoms with Crippen LogP contribution in [-0.4, -0.2) is 41.6 Å². The van der Waals surface area contributed by atoms with Crippen LogP contribution < -0.4 is 20.7 Å². The Morgan fingerprint density at radius 3 is 2.96 bits per heavy atom. The lowest BCUT2D eigenvalue weighted by Gasteiger charge is -2.23. The van der Waals surface area contributed by atoms with Gasteiger partial charge >= 0.3 is 0 Å². The van der Waals surface area contributed by atoms with Crippen LogP contribution >= 0.6 is 0 Å². The lowest BCUT2D eigenvalue weighted by molar-refractivity contribution is -0.119. The van der Waals surface area contributed by atoms with E-state index in [1.54, 1.807) is 0 Å². The molecule has 1 amide bonds. The third-order valence-electron chi connectivity index (χ3n) is 3.95. The predicted octanol–water partition coefficient (Wildman–Crippen LogP) is 1.42. The third-order valence-corrected chi connectivity index (χ3v) is 3.95. The number of carbonyl (C=O) groups is 1. The van der Waals surface area contributed by atoms with Gasteiger partial charge in [-0.25, -0.2) is 9.97 Å². The van der Waals surface area contributed by atoms with E-state index in [2.05, 4.69) is 15.3 Å². The van der Waals surface area contributed by atoms with Crippen LogP contribution in [0.3, 0.4) is 0 Å². The number of carbonyl (C=O) groups excluding carboxylic acids is 1. The second-order valence-electron chi connectivity index (χ2n) is 5.60. The van der Waals surface area contributed by atoms with Crippen molar-refractivity contribution in [3.8, 4) is 5.75 Å². The van der Waals surface area contributed by atoms with Gasteiger partial charge in [0, 0.05) is 12.6 Å². The SMILES string of the molecule is NC(=O)[C@@H]1CCCN1c1cc(NCCOc2ccccc2)ncn1. The summed E-state index contributed by atoms with van der Waals surface area (Å²) < 4.78 is 5.63. The molecule has 1 atom stereocenters. The number of hydrogen-bond donors (Lipinski definition) is 2. The molecule has 0 spiro atoms. The van der Waals surface area contributed by atoms with Gasteiger partial charge in [-0.2, -0.15) is 0 Å². The molecule has 1 aromatic heterocycles. The molecule has 24 heavy (non-hydrogen) atoms. The van der Waals surface area contributed by atoms with E-state index in [0.717, 1.165) is 31.0 Å². The first-order valence-electron chi connectivity index (χ1n) is 8.04. The van der Waals surface area contributed by atoms with Gasteiger partial charge in [0.2, 0.25) is 5.91 Å². The average Bonchev–Trinajstić information content (AvgIpc) is 3.10. The number of nitrogens with one attached hydrogen (secondary N) is 1. The Morgan fingerprint density at radius 2 is 2.17 bits per heavy atom. The summed E-state index contributed by atoms with van der Waals surface area (Å²) >= 11 is 0. The molecule has 7 heteroatoms. The molecule has 0 unspecified atom stereocenters. The number of nitrogens with two attached hydrogens (primary N) is 1. The van der Waals surface area contributed by atoms with Crippen LogP contribution in [0, 0.1) is 0 Å². The molecule has 1 aromatic carbocycles. The van der Waals surface area contributed by atoms with Gasteiger partial charge in [-0.05, 0) is 25.0 Å². The number of primary amides is 1. The van der Waals surface area contributed by atoms with Gasteiger partial charge < -0.3 is 20.7 Å². The van der Waals surface area contributed by atoms with Crippen molar-refractivity contribution in [2.24, 2.45) is 5.73 Å². The molecule has 3 rings (SSSR count). The zero-order chi connectivity index (χ0) is 16.8. The number of amides is 1. The Hall–Kier alpha value is -2.83. The topological polar surface area (TPSA) is 93.4 Å². The van der Waals surface area contributed by atoms with Crippen LogP contribution in [0.2, 0.25) is 0 Å². The molecular weight excluding hydrogens is 306 g/mol. The van der Waals surface area contributed by atoms with Crippen molar-refractivity contribution in [3.05, 3.63) is 42.7 Å². The lowest BCUT2D eigenvalue weighted by Crippen LogP contribution is -2.40. The van der Waals surface area contributed by atoms with Gasteiger partial charge in [-0.15, -0.1) is 0 Å². The third kappa shape index (κ3) is 3.92. The molecule has 0 radical (unpaired) electrons. The maximum absolute atomic E-state index is 11.5. The molecule has 0 bridgehead atoms. The summed E-state index contributed by atoms with van der Waals surface area (Å²) in [6.45, 7) is 1.92. The summed E-state index contributed by atoms with van der Waals surface area (Å²) in [5.74, 6) is 1.95. The summed E-state index contributed by atoms with van der Waals surface area (Å²) in [7, 11) is 0. The number of aromatic nitrogens is 2. The molecule has 1 aliphatic rings. The maximum Gasteiger partial charge on any atom is 0.240 e. The van der Waals surface area contributed by atoms with Gasteiger partial charge in [-0.3, -0.25) is 4.79 Å². The van der Waals surface area contributed by atoms with Crippen molar-refractivity contribution in [2.75, 3.05) is 29.9 Å². The standard InChI is InChI=1S/C17H21N5O2/c18-17(23)14-7-4-9-22(14)16-11-15(20-12-21-16)19-8-10-24-13-5-2-1-3-6-13/h1-3,5-6,11-12,14H,4,7-10H2,(H2,18,23)(H,19,20,21)/t14-/m0/s1. The zero-order valence-corrected chi connectivity index (χ0v) is 13.4. The van der Waals surface area contributed by atoms with Crippen molar-refractivity contribution >= 4 is 17.5 Å². The minimum Gasteiger partial charge on any atom is -0.492 e. The van der Waals surface area contributed by atoms with Crippen molar-refractivity contribution < 1.29 is 9.53 Å². The molecule has 1 aliphatic heterocycles. The highest BCUT2D eigenvalue weighted by Gasteiger charge is 2.30. The highest BCUT2D eigenvalue weighted by Crippen LogP contribution is 2.24. The Morgan fingerprint density at radius 1 is 1.33 bits per heavy atom. The van der Waals surface area contributed by atoms with E-state index in [4.69, 9.17) is 10.5 Å². The van der Waals surface area contributed by atoms with Crippen molar-refractivity contribution in [3.63, 3.8) is 0 Å². The number of nitrogens with zero attached hydrogens (tertiary/aromatic N) is 3. The highest BCUT2D eigenvalue weighted by atomic mass is 16.5. The van der Waals surface area contributed by atoms with Crippen LogP contribution in [0.1, 0.15) is 12.8 Å². The van der Waals surface area contributed by atoms with Gasteiger partial charge in [0.25, 0.3) is 0 Å². The van der Waals surface area contributed by atoms with Crippen LogP contribution in [0.4, 0.5) is 11.6 Å². The normalized spacial score (nSPS) is 16.8. The first-order chi connectivity index (χ1) is 11.7. The Balaban J connectivity index is 1.54. The summed E-state index contributed by atoms with van der Waals surface area (Å²) in [5.41, 5.74) is 5.46. The fourth-order valence-corrected chi connectivity index (χ4v) is 2.80. The number of para-hydroxylation sites is 1. The molecule has 1 saturated heterocycles. The van der Waals surface area contributed by atoms with E-state index < -0.39 is 0 Å². The first-order valence-corrected chi connectivity index (χ1v) is 8.04. The largest absolute Gasteiger partial charge is 0.492 e. The fraction of sp³-hybridized carbons (Fsp3) is 0.353. The lowest BCUT2D eigenvalue weighted by atomic mass is 10.2. The summed E-state index contributed by atoms with van der Waals surface area (Å²) in [4.78, 5) is 21.9. The highest BCUT2D eigenvalue weighted by molar-refractivity contribution is 5.84. The van der Waals surface area contributed by atoms with E-state index >= 15 is 0 Å². The predicted molar refractivity (Wildman–Crippen MR) is 92.0 cm³/mol. The minimum absolute atomic E-state index is 0.283. The smallest absolute Gasteiger partial charge is 0.240 e. The van der Waals surface area contributed by atoms with E-state index in [1.807, 2.05) is 41.3 Å². The van der Waals surface area contributed by atoms with E-state index in [9.17, 15) is 4.79 Å².